The van der Waals surface area contributed by atoms with Gasteiger partial charge >= 0.3 is 0 Å². The molecular formula is C27H34N4O. The van der Waals surface area contributed by atoms with Crippen LogP contribution in [-0.4, -0.2) is 48.5 Å². The number of carbonyl (C=O) groups excluding carboxylic acids is 1. The number of hydrogen-bond donors (Lipinski definition) is 1. The van der Waals surface area contributed by atoms with Gasteiger partial charge in [-0.1, -0.05) is 32.0 Å². The molecule has 0 radical (unpaired) electrons. The van der Waals surface area contributed by atoms with Crippen LogP contribution in [0.3, 0.4) is 0 Å². The normalized spacial score (nSPS) is 14.8. The first-order chi connectivity index (χ1) is 15.5. The van der Waals surface area contributed by atoms with E-state index in [0.29, 0.717) is 12.3 Å². The highest BCUT2D eigenvalue weighted by atomic mass is 16.1. The summed E-state index contributed by atoms with van der Waals surface area (Å²) in [5.41, 5.74) is 5.59. The van der Waals surface area contributed by atoms with Gasteiger partial charge in [0.15, 0.2) is 0 Å². The van der Waals surface area contributed by atoms with Gasteiger partial charge in [0.25, 0.3) is 0 Å². The van der Waals surface area contributed by atoms with E-state index in [-0.39, 0.29) is 5.91 Å². The van der Waals surface area contributed by atoms with Crippen LogP contribution in [0.4, 0.5) is 11.4 Å². The third-order valence-corrected chi connectivity index (χ3v) is 6.08. The number of fused-ring (bicyclic) bond motifs is 1. The molecule has 0 unspecified atom stereocenters. The van der Waals surface area contributed by atoms with Crippen LogP contribution < -0.4 is 10.2 Å². The third-order valence-electron chi connectivity index (χ3n) is 6.08. The number of hydrogen-bond acceptors (Lipinski definition) is 4. The number of piperazine rings is 1. The first kappa shape index (κ1) is 22.3. The van der Waals surface area contributed by atoms with Crippen molar-refractivity contribution in [2.24, 2.45) is 5.92 Å². The molecule has 1 aliphatic heterocycles. The summed E-state index contributed by atoms with van der Waals surface area (Å²) in [7, 11) is 0. The molecule has 5 nitrogen and oxygen atoms in total. The van der Waals surface area contributed by atoms with Crippen LogP contribution in [0.1, 0.15) is 31.5 Å². The molecule has 0 aliphatic carbocycles. The largest absolute Gasteiger partial charge is 0.368 e. The molecule has 1 N–H and O–H groups in total. The van der Waals surface area contributed by atoms with E-state index >= 15 is 0 Å². The molecule has 2 aromatic carbocycles. The molecule has 0 atom stereocenters. The number of rotatable bonds is 7. The van der Waals surface area contributed by atoms with E-state index in [4.69, 9.17) is 0 Å². The maximum Gasteiger partial charge on any atom is 0.224 e. The van der Waals surface area contributed by atoms with Crippen molar-refractivity contribution in [1.82, 2.24) is 9.88 Å². The van der Waals surface area contributed by atoms with E-state index in [1.807, 2.05) is 19.1 Å². The lowest BCUT2D eigenvalue weighted by Crippen LogP contribution is -2.47. The lowest BCUT2D eigenvalue weighted by molar-refractivity contribution is -0.116. The smallest absolute Gasteiger partial charge is 0.224 e. The van der Waals surface area contributed by atoms with Gasteiger partial charge in [0, 0.05) is 61.6 Å². The van der Waals surface area contributed by atoms with Crippen molar-refractivity contribution in [3.05, 3.63) is 65.9 Å². The fourth-order valence-corrected chi connectivity index (χ4v) is 4.40. The molecule has 5 heteroatoms. The van der Waals surface area contributed by atoms with Crippen molar-refractivity contribution >= 4 is 28.2 Å². The Hall–Kier alpha value is -2.92. The summed E-state index contributed by atoms with van der Waals surface area (Å²) in [6, 6.07) is 19.0. The summed E-state index contributed by atoms with van der Waals surface area (Å²) in [5, 5.41) is 4.27. The van der Waals surface area contributed by atoms with Crippen molar-refractivity contribution in [3.63, 3.8) is 0 Å². The number of anilines is 2. The highest BCUT2D eigenvalue weighted by Crippen LogP contribution is 2.27. The lowest BCUT2D eigenvalue weighted by Gasteiger charge is -2.36. The summed E-state index contributed by atoms with van der Waals surface area (Å²) < 4.78 is 0. The zero-order valence-corrected chi connectivity index (χ0v) is 19.5. The topological polar surface area (TPSA) is 48.5 Å². The van der Waals surface area contributed by atoms with Gasteiger partial charge in [-0.05, 0) is 61.2 Å². The minimum absolute atomic E-state index is 0.0899. The second kappa shape index (κ2) is 10.1. The maximum atomic E-state index is 12.1. The second-order valence-electron chi connectivity index (χ2n) is 9.22. The Balaban J connectivity index is 1.31. The standard InChI is InChI=1S/C27H34N4O/c1-20(2)18-27(32)29-23-7-4-6-22(19-23)12-13-30-14-16-31(17-15-30)26-9-5-8-25-24(26)11-10-21(3)28-25/h4-11,19-20H,12-18H2,1-3H3,(H,29,32). The van der Waals surface area contributed by atoms with Crippen molar-refractivity contribution in [2.75, 3.05) is 42.9 Å². The number of nitrogens with one attached hydrogen (secondary N) is 1. The van der Waals surface area contributed by atoms with Gasteiger partial charge in [0.1, 0.15) is 0 Å². The monoisotopic (exact) mass is 430 g/mol. The Morgan fingerprint density at radius 1 is 1.03 bits per heavy atom. The predicted molar refractivity (Wildman–Crippen MR) is 133 cm³/mol. The average molecular weight is 431 g/mol. The quantitative estimate of drug-likeness (QED) is 0.580. The van der Waals surface area contributed by atoms with E-state index in [1.54, 1.807) is 0 Å². The van der Waals surface area contributed by atoms with Gasteiger partial charge in [0.05, 0.1) is 5.52 Å². The molecule has 1 amide bonds. The van der Waals surface area contributed by atoms with E-state index in [0.717, 1.165) is 56.0 Å². The van der Waals surface area contributed by atoms with Gasteiger partial charge in [-0.3, -0.25) is 14.7 Å². The summed E-state index contributed by atoms with van der Waals surface area (Å²) in [6.07, 6.45) is 1.55. The molecule has 1 aliphatic rings. The summed E-state index contributed by atoms with van der Waals surface area (Å²) in [5.74, 6) is 0.457. The van der Waals surface area contributed by atoms with Crippen LogP contribution in [0.25, 0.3) is 10.9 Å². The summed E-state index contributed by atoms with van der Waals surface area (Å²) in [6.45, 7) is 11.4. The van der Waals surface area contributed by atoms with Gasteiger partial charge in [-0.2, -0.15) is 0 Å². The number of nitrogens with zero attached hydrogens (tertiary/aromatic N) is 3. The average Bonchev–Trinajstić information content (AvgIpc) is 2.77. The predicted octanol–water partition coefficient (Wildman–Crippen LogP) is 4.89. The Morgan fingerprint density at radius 2 is 1.81 bits per heavy atom. The minimum Gasteiger partial charge on any atom is -0.368 e. The van der Waals surface area contributed by atoms with Crippen LogP contribution in [0, 0.1) is 12.8 Å². The van der Waals surface area contributed by atoms with Gasteiger partial charge in [0.2, 0.25) is 5.91 Å². The minimum atomic E-state index is 0.0899. The Labute approximate surface area is 191 Å². The molecule has 4 rings (SSSR count). The van der Waals surface area contributed by atoms with Crippen molar-refractivity contribution in [3.8, 4) is 0 Å². The molecule has 0 spiro atoms. The van der Waals surface area contributed by atoms with Crippen LogP contribution >= 0.6 is 0 Å². The van der Waals surface area contributed by atoms with E-state index < -0.39 is 0 Å². The Bertz CT molecular complexity index is 1070. The van der Waals surface area contributed by atoms with Gasteiger partial charge < -0.3 is 10.2 Å². The Morgan fingerprint density at radius 3 is 2.59 bits per heavy atom. The van der Waals surface area contributed by atoms with E-state index in [2.05, 4.69) is 76.4 Å². The highest BCUT2D eigenvalue weighted by molar-refractivity contribution is 5.92. The van der Waals surface area contributed by atoms with Crippen molar-refractivity contribution in [2.45, 2.75) is 33.6 Å². The number of benzene rings is 2. The molecule has 1 saturated heterocycles. The molecule has 1 aromatic heterocycles. The van der Waals surface area contributed by atoms with Crippen LogP contribution in [0.2, 0.25) is 0 Å². The highest BCUT2D eigenvalue weighted by Gasteiger charge is 2.18. The number of carbonyl (C=O) groups is 1. The molecule has 32 heavy (non-hydrogen) atoms. The SMILES string of the molecule is Cc1ccc2c(N3CCN(CCc4cccc(NC(=O)CC(C)C)c4)CC3)cccc2n1. The van der Waals surface area contributed by atoms with Crippen LogP contribution in [0.5, 0.6) is 0 Å². The maximum absolute atomic E-state index is 12.1. The number of amides is 1. The van der Waals surface area contributed by atoms with Gasteiger partial charge in [-0.25, -0.2) is 0 Å². The zero-order chi connectivity index (χ0) is 22.5. The van der Waals surface area contributed by atoms with Crippen molar-refractivity contribution < 1.29 is 4.79 Å². The number of pyridine rings is 1. The molecular weight excluding hydrogens is 396 g/mol. The van der Waals surface area contributed by atoms with E-state index in [1.165, 1.54) is 16.6 Å². The fourth-order valence-electron chi connectivity index (χ4n) is 4.40. The molecule has 0 bridgehead atoms. The number of aromatic nitrogens is 1. The first-order valence-electron chi connectivity index (χ1n) is 11.7. The van der Waals surface area contributed by atoms with Crippen LogP contribution in [-0.2, 0) is 11.2 Å². The summed E-state index contributed by atoms with van der Waals surface area (Å²) in [4.78, 5) is 21.8. The summed E-state index contributed by atoms with van der Waals surface area (Å²) >= 11 is 0. The second-order valence-corrected chi connectivity index (χ2v) is 9.22. The lowest BCUT2D eigenvalue weighted by atomic mass is 10.1. The van der Waals surface area contributed by atoms with E-state index in [9.17, 15) is 4.79 Å². The molecule has 3 aromatic rings. The molecule has 168 valence electrons. The molecule has 2 heterocycles. The van der Waals surface area contributed by atoms with Crippen LogP contribution in [0.15, 0.2) is 54.6 Å². The third kappa shape index (κ3) is 5.65. The number of aryl methyl sites for hydroxylation is 1. The first-order valence-corrected chi connectivity index (χ1v) is 11.7. The zero-order valence-electron chi connectivity index (χ0n) is 19.5. The Kier molecular flexibility index (Phi) is 7.05. The fraction of sp³-hybridized carbons (Fsp3) is 0.407. The van der Waals surface area contributed by atoms with Gasteiger partial charge in [-0.15, -0.1) is 0 Å². The molecule has 0 saturated carbocycles. The molecule has 1 fully saturated rings. The van der Waals surface area contributed by atoms with Crippen molar-refractivity contribution in [1.29, 1.82) is 0 Å².